The molecular formula is C26H20Cl2N3NaO6S. The van der Waals surface area contributed by atoms with Gasteiger partial charge in [0.1, 0.15) is 10.6 Å². The summed E-state index contributed by atoms with van der Waals surface area (Å²) in [6.07, 6.45) is 0. The Morgan fingerprint density at radius 3 is 2.46 bits per heavy atom. The molecule has 4 aromatic carbocycles. The molecule has 4 rings (SSSR count). The predicted molar refractivity (Wildman–Crippen MR) is 144 cm³/mol. The standard InChI is InChI=1S/C26H21Cl2N3O6S.Na/c1-3-37-17-8-9-21(20(27)13-17)29-26(33)19-11-15-6-4-5-7-18(15)24(25(19)32)31-30-16-10-14(2)23(28)22(12-16)38(34,35)36;/h4-13,32H,3H2,1-2H3,(H,29,33)(H,34,35,36);/q;+1/p-1. The molecule has 196 valence electrons. The van der Waals surface area contributed by atoms with Crippen LogP contribution in [0.1, 0.15) is 22.8 Å². The average Bonchev–Trinajstić information content (AvgIpc) is 2.86. The molecule has 0 atom stereocenters. The number of benzene rings is 4. The van der Waals surface area contributed by atoms with Crippen LogP contribution >= 0.6 is 23.2 Å². The number of fused-ring (bicyclic) bond motifs is 1. The summed E-state index contributed by atoms with van der Waals surface area (Å²) >= 11 is 12.3. The van der Waals surface area contributed by atoms with Gasteiger partial charge in [-0.2, -0.15) is 18.6 Å². The molecule has 2 N–H and O–H groups in total. The van der Waals surface area contributed by atoms with Gasteiger partial charge in [-0.05, 0) is 55.1 Å². The van der Waals surface area contributed by atoms with Gasteiger partial charge in [0.25, 0.3) is 16.0 Å². The molecule has 0 fully saturated rings. The summed E-state index contributed by atoms with van der Waals surface area (Å²) in [5.41, 5.74) is 0.299. The molecule has 0 aliphatic heterocycles. The monoisotopic (exact) mass is 595 g/mol. The van der Waals surface area contributed by atoms with Gasteiger partial charge in [-0.15, -0.1) is 0 Å². The second kappa shape index (κ2) is 12.6. The zero-order chi connectivity index (χ0) is 27.6. The number of carbonyl (C=O) groups is 1. The fraction of sp³-hybridized carbons (Fsp3) is 0.115. The van der Waals surface area contributed by atoms with E-state index in [4.69, 9.17) is 27.9 Å². The minimum absolute atomic E-state index is 0. The number of amides is 1. The summed E-state index contributed by atoms with van der Waals surface area (Å²) in [5.74, 6) is -0.880. The second-order valence-electron chi connectivity index (χ2n) is 8.10. The van der Waals surface area contributed by atoms with Crippen LogP contribution < -0.4 is 44.7 Å². The molecule has 0 heterocycles. The Hall–Kier alpha value is -2.70. The van der Waals surface area contributed by atoms with Crippen molar-refractivity contribution < 1.29 is 57.2 Å². The van der Waals surface area contributed by atoms with Crippen molar-refractivity contribution >= 4 is 67.1 Å². The van der Waals surface area contributed by atoms with E-state index in [0.717, 1.165) is 6.07 Å². The molecule has 0 aliphatic rings. The molecule has 0 radical (unpaired) electrons. The van der Waals surface area contributed by atoms with Crippen LogP contribution in [-0.2, 0) is 10.1 Å². The maximum absolute atomic E-state index is 13.4. The van der Waals surface area contributed by atoms with Gasteiger partial charge in [-0.1, -0.05) is 53.2 Å². The molecule has 13 heteroatoms. The summed E-state index contributed by atoms with van der Waals surface area (Å²) in [7, 11) is -4.63. The zero-order valence-corrected chi connectivity index (χ0v) is 25.4. The molecule has 1 amide bonds. The van der Waals surface area contributed by atoms with Crippen molar-refractivity contribution in [3.63, 3.8) is 0 Å². The van der Waals surface area contributed by atoms with E-state index in [0.29, 0.717) is 28.7 Å². The van der Waals surface area contributed by atoms with Crippen molar-refractivity contribution in [3.8, 4) is 11.5 Å². The first-order valence-corrected chi connectivity index (χ1v) is 13.3. The molecule has 9 nitrogen and oxygen atoms in total. The van der Waals surface area contributed by atoms with Crippen molar-refractivity contribution in [2.75, 3.05) is 11.9 Å². The molecule has 0 aliphatic carbocycles. The molecular weight excluding hydrogens is 576 g/mol. The van der Waals surface area contributed by atoms with Crippen molar-refractivity contribution in [2.45, 2.75) is 18.7 Å². The van der Waals surface area contributed by atoms with Gasteiger partial charge in [-0.25, -0.2) is 0 Å². The van der Waals surface area contributed by atoms with E-state index in [1.165, 1.54) is 19.1 Å². The van der Waals surface area contributed by atoms with Crippen LogP contribution in [0.4, 0.5) is 17.1 Å². The van der Waals surface area contributed by atoms with E-state index >= 15 is 0 Å². The summed E-state index contributed by atoms with van der Waals surface area (Å²) in [6, 6.07) is 15.5. The molecule has 39 heavy (non-hydrogen) atoms. The third kappa shape index (κ3) is 6.90. The van der Waals surface area contributed by atoms with Gasteiger partial charge in [0, 0.05) is 17.0 Å². The van der Waals surface area contributed by atoms with E-state index in [1.807, 2.05) is 6.92 Å². The number of rotatable bonds is 7. The third-order valence-corrected chi connectivity index (χ3v) is 7.27. The first kappa shape index (κ1) is 30.8. The van der Waals surface area contributed by atoms with Gasteiger partial charge in [0.2, 0.25) is 0 Å². The molecule has 0 bridgehead atoms. The van der Waals surface area contributed by atoms with Crippen molar-refractivity contribution in [3.05, 3.63) is 81.8 Å². The number of hydrogen-bond donors (Lipinski definition) is 2. The Labute approximate surface area is 256 Å². The Morgan fingerprint density at radius 2 is 1.79 bits per heavy atom. The summed E-state index contributed by atoms with van der Waals surface area (Å²) in [6.45, 7) is 3.81. The molecule has 4 aromatic rings. The Morgan fingerprint density at radius 1 is 1.08 bits per heavy atom. The van der Waals surface area contributed by atoms with Crippen molar-refractivity contribution in [1.82, 2.24) is 0 Å². The Bertz CT molecular complexity index is 1710. The minimum atomic E-state index is -4.63. The van der Waals surface area contributed by atoms with E-state index < -0.39 is 26.7 Å². The number of aryl methyl sites for hydroxylation is 1. The largest absolute Gasteiger partial charge is 1.00 e. The average molecular weight is 596 g/mol. The summed E-state index contributed by atoms with van der Waals surface area (Å²) in [5, 5.41) is 25.1. The van der Waals surface area contributed by atoms with E-state index in [9.17, 15) is 22.9 Å². The van der Waals surface area contributed by atoms with Gasteiger partial charge in [-0.3, -0.25) is 9.35 Å². The summed E-state index contributed by atoms with van der Waals surface area (Å²) < 4.78 is 38.3. The third-order valence-electron chi connectivity index (χ3n) is 5.47. The number of carbonyl (C=O) groups excluding carboxylic acids is 1. The number of halogens is 2. The SMILES string of the molecule is CCOc1ccc(NC(=O)c2cc3ccccc3c(N=Nc3cc(C)c(Cl)c(S(=O)(=O)O)c3)c2[O-])c(Cl)c1.[Na+]. The second-order valence-corrected chi connectivity index (χ2v) is 10.3. The van der Waals surface area contributed by atoms with Gasteiger partial charge >= 0.3 is 29.6 Å². The van der Waals surface area contributed by atoms with Crippen LogP contribution in [0, 0.1) is 6.92 Å². The van der Waals surface area contributed by atoms with Gasteiger partial charge < -0.3 is 15.2 Å². The summed E-state index contributed by atoms with van der Waals surface area (Å²) in [4.78, 5) is 12.6. The van der Waals surface area contributed by atoms with Crippen LogP contribution in [0.15, 0.2) is 75.8 Å². The maximum Gasteiger partial charge on any atom is 1.00 e. The number of hydrogen-bond acceptors (Lipinski definition) is 7. The molecule has 0 saturated carbocycles. The number of azo groups is 1. The van der Waals surface area contributed by atoms with E-state index in [1.54, 1.807) is 42.5 Å². The maximum atomic E-state index is 13.4. The predicted octanol–water partition coefficient (Wildman–Crippen LogP) is 3.85. The number of anilines is 1. The first-order valence-electron chi connectivity index (χ1n) is 11.2. The van der Waals surface area contributed by atoms with Crippen LogP contribution in [0.3, 0.4) is 0 Å². The minimum Gasteiger partial charge on any atom is -0.870 e. The van der Waals surface area contributed by atoms with Crippen LogP contribution in [-0.4, -0.2) is 25.5 Å². The normalized spacial score (nSPS) is 11.4. The fourth-order valence-corrected chi connectivity index (χ4v) is 4.97. The molecule has 0 unspecified atom stereocenters. The Kier molecular flexibility index (Phi) is 10.0. The molecule has 0 spiro atoms. The quantitative estimate of drug-likeness (QED) is 0.189. The van der Waals surface area contributed by atoms with Crippen LogP contribution in [0.25, 0.3) is 10.8 Å². The smallest absolute Gasteiger partial charge is 0.870 e. The van der Waals surface area contributed by atoms with Crippen LogP contribution in [0.2, 0.25) is 10.0 Å². The number of nitrogens with zero attached hydrogens (tertiary/aromatic N) is 2. The van der Waals surface area contributed by atoms with Gasteiger partial charge in [0.05, 0.1) is 33.7 Å². The molecule has 0 saturated heterocycles. The van der Waals surface area contributed by atoms with Crippen LogP contribution in [0.5, 0.6) is 11.5 Å². The van der Waals surface area contributed by atoms with Crippen molar-refractivity contribution in [1.29, 1.82) is 0 Å². The van der Waals surface area contributed by atoms with E-state index in [2.05, 4.69) is 15.5 Å². The van der Waals surface area contributed by atoms with E-state index in [-0.39, 0.29) is 62.2 Å². The fourth-order valence-electron chi connectivity index (χ4n) is 3.69. The van der Waals surface area contributed by atoms with Crippen molar-refractivity contribution in [2.24, 2.45) is 10.2 Å². The van der Waals surface area contributed by atoms with Gasteiger partial charge in [0.15, 0.2) is 0 Å². The topological polar surface area (TPSA) is 140 Å². The molecule has 0 aromatic heterocycles. The zero-order valence-electron chi connectivity index (χ0n) is 21.0. The first-order chi connectivity index (χ1) is 18.0. The number of nitrogens with one attached hydrogen (secondary N) is 1. The Balaban J connectivity index is 0.00000420. The number of ether oxygens (including phenoxy) is 1.